The zero-order valence-corrected chi connectivity index (χ0v) is 11.3. The largest absolute Gasteiger partial charge is 0.506 e. The fourth-order valence-corrected chi connectivity index (χ4v) is 1.97. The van der Waals surface area contributed by atoms with Gasteiger partial charge in [-0.2, -0.15) is 4.98 Å². The number of hydrogen-bond acceptors (Lipinski definition) is 5. The molecule has 1 unspecified atom stereocenters. The number of nitrogens with zero attached hydrogens (tertiary/aromatic N) is 4. The van der Waals surface area contributed by atoms with Gasteiger partial charge in [0.05, 0.1) is 17.4 Å². The summed E-state index contributed by atoms with van der Waals surface area (Å²) in [5.41, 5.74) is 0.657. The fraction of sp³-hybridized carbons (Fsp3) is 0.154. The van der Waals surface area contributed by atoms with Crippen LogP contribution in [0, 0.1) is 0 Å². The summed E-state index contributed by atoms with van der Waals surface area (Å²) in [5, 5.41) is 13.6. The number of phenols is 1. The third-order valence-corrected chi connectivity index (χ3v) is 3.28. The molecule has 0 fully saturated rings. The van der Waals surface area contributed by atoms with Crippen molar-refractivity contribution >= 4 is 11.6 Å². The number of imidazole rings is 1. The minimum atomic E-state index is -0.0809. The lowest BCUT2D eigenvalue weighted by Gasteiger charge is -2.06. The van der Waals surface area contributed by atoms with Crippen molar-refractivity contribution in [2.45, 2.75) is 13.0 Å². The van der Waals surface area contributed by atoms with Crippen molar-refractivity contribution in [3.05, 3.63) is 47.8 Å². The summed E-state index contributed by atoms with van der Waals surface area (Å²) in [6.07, 6.45) is 5.22. The Morgan fingerprint density at radius 2 is 2.25 bits per heavy atom. The Hall–Kier alpha value is -2.34. The standard InChI is InChI=1S/C13H11ClN4O2/c1-8(18-5-4-15-7-18)12-16-13(20-17-12)9-2-3-11(19)10(14)6-9/h2-8,19H,1H3. The summed E-state index contributed by atoms with van der Waals surface area (Å²) in [7, 11) is 0. The molecule has 6 nitrogen and oxygen atoms in total. The number of aromatic hydroxyl groups is 1. The maximum absolute atomic E-state index is 9.40. The van der Waals surface area contributed by atoms with E-state index >= 15 is 0 Å². The normalized spacial score (nSPS) is 12.5. The minimum absolute atomic E-state index is 0.0157. The van der Waals surface area contributed by atoms with Crippen LogP contribution >= 0.6 is 11.6 Å². The number of benzene rings is 1. The molecule has 3 rings (SSSR count). The zero-order valence-electron chi connectivity index (χ0n) is 10.6. The van der Waals surface area contributed by atoms with E-state index in [1.165, 1.54) is 6.07 Å². The van der Waals surface area contributed by atoms with Crippen molar-refractivity contribution in [1.29, 1.82) is 0 Å². The van der Waals surface area contributed by atoms with Crippen molar-refractivity contribution < 1.29 is 9.63 Å². The Morgan fingerprint density at radius 3 is 2.95 bits per heavy atom. The predicted molar refractivity (Wildman–Crippen MR) is 72.4 cm³/mol. The SMILES string of the molecule is CC(c1noc(-c2ccc(O)c(Cl)c2)n1)n1ccnc1. The van der Waals surface area contributed by atoms with Crippen LogP contribution in [0.15, 0.2) is 41.4 Å². The molecule has 7 heteroatoms. The summed E-state index contributed by atoms with van der Waals surface area (Å²) < 4.78 is 7.10. The van der Waals surface area contributed by atoms with Gasteiger partial charge in [0.2, 0.25) is 0 Å². The molecule has 0 spiro atoms. The summed E-state index contributed by atoms with van der Waals surface area (Å²) in [4.78, 5) is 8.33. The average Bonchev–Trinajstić information content (AvgIpc) is 3.11. The van der Waals surface area contributed by atoms with Gasteiger partial charge in [0.1, 0.15) is 5.75 Å². The Kier molecular flexibility index (Phi) is 3.15. The molecule has 1 atom stereocenters. The molecule has 3 aromatic rings. The fourth-order valence-electron chi connectivity index (χ4n) is 1.79. The summed E-state index contributed by atoms with van der Waals surface area (Å²) in [6.45, 7) is 1.94. The van der Waals surface area contributed by atoms with Crippen molar-refractivity contribution in [2.24, 2.45) is 0 Å². The quantitative estimate of drug-likeness (QED) is 0.802. The molecule has 2 aromatic heterocycles. The Balaban J connectivity index is 1.92. The molecule has 0 aliphatic rings. The maximum Gasteiger partial charge on any atom is 0.258 e. The van der Waals surface area contributed by atoms with Crippen molar-refractivity contribution in [2.75, 3.05) is 0 Å². The first-order valence-corrected chi connectivity index (χ1v) is 6.33. The van der Waals surface area contributed by atoms with Gasteiger partial charge in [0.15, 0.2) is 5.82 Å². The smallest absolute Gasteiger partial charge is 0.258 e. The molecule has 1 aromatic carbocycles. The highest BCUT2D eigenvalue weighted by Gasteiger charge is 2.16. The van der Waals surface area contributed by atoms with Gasteiger partial charge in [-0.3, -0.25) is 0 Å². The van der Waals surface area contributed by atoms with Gasteiger partial charge in [-0.25, -0.2) is 4.98 Å². The van der Waals surface area contributed by atoms with Gasteiger partial charge in [0.25, 0.3) is 5.89 Å². The van der Waals surface area contributed by atoms with Crippen LogP contribution < -0.4 is 0 Å². The van der Waals surface area contributed by atoms with Gasteiger partial charge >= 0.3 is 0 Å². The lowest BCUT2D eigenvalue weighted by Crippen LogP contribution is -2.05. The first kappa shape index (κ1) is 12.7. The Bertz CT molecular complexity index is 724. The number of aromatic nitrogens is 4. The van der Waals surface area contributed by atoms with Crippen LogP contribution in [0.3, 0.4) is 0 Å². The van der Waals surface area contributed by atoms with Crippen LogP contribution in [-0.4, -0.2) is 24.8 Å². The molecule has 0 bridgehead atoms. The molecule has 0 radical (unpaired) electrons. The lowest BCUT2D eigenvalue weighted by atomic mass is 10.2. The lowest BCUT2D eigenvalue weighted by molar-refractivity contribution is 0.412. The highest BCUT2D eigenvalue weighted by molar-refractivity contribution is 6.32. The van der Waals surface area contributed by atoms with Gasteiger partial charge < -0.3 is 14.2 Å². The average molecular weight is 291 g/mol. The van der Waals surface area contributed by atoms with Gasteiger partial charge in [-0.05, 0) is 25.1 Å². The van der Waals surface area contributed by atoms with Crippen LogP contribution in [0.1, 0.15) is 18.8 Å². The van der Waals surface area contributed by atoms with Crippen LogP contribution in [0.25, 0.3) is 11.5 Å². The van der Waals surface area contributed by atoms with Crippen LogP contribution in [0.4, 0.5) is 0 Å². The summed E-state index contributed by atoms with van der Waals surface area (Å²) in [6, 6.07) is 4.65. The summed E-state index contributed by atoms with van der Waals surface area (Å²) >= 11 is 5.86. The molecule has 0 saturated heterocycles. The summed E-state index contributed by atoms with van der Waals surface area (Å²) in [5.74, 6) is 0.915. The zero-order chi connectivity index (χ0) is 14.1. The second kappa shape index (κ2) is 4.97. The monoisotopic (exact) mass is 290 g/mol. The van der Waals surface area contributed by atoms with E-state index in [1.807, 2.05) is 17.7 Å². The van der Waals surface area contributed by atoms with Crippen molar-refractivity contribution in [3.8, 4) is 17.2 Å². The first-order valence-electron chi connectivity index (χ1n) is 5.95. The van der Waals surface area contributed by atoms with Crippen molar-refractivity contribution in [1.82, 2.24) is 19.7 Å². The molecule has 2 heterocycles. The predicted octanol–water partition coefficient (Wildman–Crippen LogP) is 2.90. The Morgan fingerprint density at radius 1 is 1.40 bits per heavy atom. The molecule has 0 aliphatic carbocycles. The van der Waals surface area contributed by atoms with E-state index in [4.69, 9.17) is 16.1 Å². The number of hydrogen-bond donors (Lipinski definition) is 1. The van der Waals surface area contributed by atoms with Crippen LogP contribution in [0.5, 0.6) is 5.75 Å². The second-order valence-electron chi connectivity index (χ2n) is 4.31. The topological polar surface area (TPSA) is 77.0 Å². The maximum atomic E-state index is 9.40. The molecular formula is C13H11ClN4O2. The number of rotatable bonds is 3. The van der Waals surface area contributed by atoms with Crippen LogP contribution in [0.2, 0.25) is 5.02 Å². The van der Waals surface area contributed by atoms with E-state index in [2.05, 4.69) is 15.1 Å². The van der Waals surface area contributed by atoms with E-state index in [0.717, 1.165) is 0 Å². The third kappa shape index (κ3) is 2.25. The van der Waals surface area contributed by atoms with E-state index in [0.29, 0.717) is 17.3 Å². The van der Waals surface area contributed by atoms with Crippen molar-refractivity contribution in [3.63, 3.8) is 0 Å². The molecular weight excluding hydrogens is 280 g/mol. The molecule has 0 aliphatic heterocycles. The molecule has 0 saturated carbocycles. The number of phenolic OH excluding ortho intramolecular Hbond substituents is 1. The minimum Gasteiger partial charge on any atom is -0.506 e. The first-order chi connectivity index (χ1) is 9.65. The number of halogens is 1. The van der Waals surface area contributed by atoms with Gasteiger partial charge in [0, 0.05) is 18.0 Å². The van der Waals surface area contributed by atoms with E-state index in [-0.39, 0.29) is 16.8 Å². The Labute approximate surface area is 119 Å². The molecule has 20 heavy (non-hydrogen) atoms. The highest BCUT2D eigenvalue weighted by Crippen LogP contribution is 2.29. The van der Waals surface area contributed by atoms with Gasteiger partial charge in [-0.15, -0.1) is 0 Å². The van der Waals surface area contributed by atoms with E-state index in [9.17, 15) is 5.11 Å². The molecule has 102 valence electrons. The van der Waals surface area contributed by atoms with E-state index in [1.54, 1.807) is 24.7 Å². The van der Waals surface area contributed by atoms with E-state index < -0.39 is 0 Å². The van der Waals surface area contributed by atoms with Crippen LogP contribution in [-0.2, 0) is 0 Å². The second-order valence-corrected chi connectivity index (χ2v) is 4.72. The molecule has 0 amide bonds. The van der Waals surface area contributed by atoms with Gasteiger partial charge in [-0.1, -0.05) is 16.8 Å². The third-order valence-electron chi connectivity index (χ3n) is 2.98. The highest BCUT2D eigenvalue weighted by atomic mass is 35.5. The molecule has 1 N–H and O–H groups in total.